The van der Waals surface area contributed by atoms with Gasteiger partial charge in [-0.1, -0.05) is 48.5 Å². The Kier molecular flexibility index (Phi) is 4.37. The fourth-order valence-electron chi connectivity index (χ4n) is 3.51. The molecule has 1 heterocycles. The standard InChI is InChI=1S/C21H19N3O2/c25-21(24-26)16-11-12-19(22-13-16)23-20-17-7-3-1-5-14(17)9-10-15-6-2-4-8-18(15)20/h1-8,11-13,20,26H,9-10H2,(H,22,23)(H,24,25). The number of rotatable bonds is 3. The van der Waals surface area contributed by atoms with Gasteiger partial charge in [0.05, 0.1) is 11.6 Å². The number of nitrogens with zero attached hydrogens (tertiary/aromatic N) is 1. The average Bonchev–Trinajstić information content (AvgIpc) is 2.86. The summed E-state index contributed by atoms with van der Waals surface area (Å²) in [6.45, 7) is 0. The Labute approximate surface area is 151 Å². The Bertz CT molecular complexity index is 890. The molecule has 0 unspecified atom stereocenters. The van der Waals surface area contributed by atoms with E-state index in [1.165, 1.54) is 28.5 Å². The molecule has 0 saturated carbocycles. The van der Waals surface area contributed by atoms with Gasteiger partial charge < -0.3 is 5.32 Å². The van der Waals surface area contributed by atoms with Gasteiger partial charge in [-0.2, -0.15) is 0 Å². The first kappa shape index (κ1) is 16.3. The number of carbonyl (C=O) groups excluding carboxylic acids is 1. The third-order valence-corrected chi connectivity index (χ3v) is 4.82. The maximum absolute atomic E-state index is 11.5. The van der Waals surface area contributed by atoms with Gasteiger partial charge in [0, 0.05) is 6.20 Å². The van der Waals surface area contributed by atoms with Crippen molar-refractivity contribution >= 4 is 11.7 Å². The van der Waals surface area contributed by atoms with Gasteiger partial charge in [0.15, 0.2) is 0 Å². The highest BCUT2D eigenvalue weighted by Crippen LogP contribution is 2.34. The number of carbonyl (C=O) groups is 1. The molecule has 0 spiro atoms. The van der Waals surface area contributed by atoms with Crippen LogP contribution in [0.15, 0.2) is 66.9 Å². The normalized spacial score (nSPS) is 13.3. The fourth-order valence-corrected chi connectivity index (χ4v) is 3.51. The average molecular weight is 345 g/mol. The van der Waals surface area contributed by atoms with E-state index in [0.29, 0.717) is 11.4 Å². The fraction of sp³-hybridized carbons (Fsp3) is 0.143. The van der Waals surface area contributed by atoms with Gasteiger partial charge in [-0.05, 0) is 47.2 Å². The Morgan fingerprint density at radius 1 is 0.923 bits per heavy atom. The lowest BCUT2D eigenvalue weighted by molar-refractivity contribution is 0.0706. The van der Waals surface area contributed by atoms with Crippen LogP contribution in [0.1, 0.15) is 38.7 Å². The van der Waals surface area contributed by atoms with E-state index < -0.39 is 5.91 Å². The summed E-state index contributed by atoms with van der Waals surface area (Å²) in [6.07, 6.45) is 3.46. The molecule has 0 aliphatic heterocycles. The second kappa shape index (κ2) is 6.98. The van der Waals surface area contributed by atoms with Crippen molar-refractivity contribution in [2.24, 2.45) is 0 Å². The van der Waals surface area contributed by atoms with Crippen LogP contribution in [0.3, 0.4) is 0 Å². The molecule has 4 rings (SSSR count). The van der Waals surface area contributed by atoms with E-state index in [4.69, 9.17) is 5.21 Å². The molecule has 0 fully saturated rings. The quantitative estimate of drug-likeness (QED) is 0.502. The molecule has 2 aromatic carbocycles. The zero-order valence-corrected chi connectivity index (χ0v) is 14.1. The lowest BCUT2D eigenvalue weighted by Gasteiger charge is -2.22. The number of nitrogens with one attached hydrogen (secondary N) is 2. The van der Waals surface area contributed by atoms with Gasteiger partial charge in [0.2, 0.25) is 0 Å². The van der Waals surface area contributed by atoms with E-state index in [2.05, 4.69) is 58.8 Å². The van der Waals surface area contributed by atoms with Crippen LogP contribution >= 0.6 is 0 Å². The van der Waals surface area contributed by atoms with E-state index in [-0.39, 0.29) is 6.04 Å². The maximum atomic E-state index is 11.5. The highest BCUT2D eigenvalue weighted by Gasteiger charge is 2.23. The second-order valence-corrected chi connectivity index (χ2v) is 6.35. The van der Waals surface area contributed by atoms with Gasteiger partial charge in [0.25, 0.3) is 5.91 Å². The molecule has 0 saturated heterocycles. The molecule has 1 aliphatic carbocycles. The number of aryl methyl sites for hydroxylation is 2. The Morgan fingerprint density at radius 3 is 2.08 bits per heavy atom. The molecular weight excluding hydrogens is 326 g/mol. The largest absolute Gasteiger partial charge is 0.359 e. The van der Waals surface area contributed by atoms with Gasteiger partial charge in [-0.15, -0.1) is 0 Å². The van der Waals surface area contributed by atoms with E-state index in [1.807, 2.05) is 0 Å². The molecule has 1 amide bonds. The number of hydrogen-bond donors (Lipinski definition) is 3. The summed E-state index contributed by atoms with van der Waals surface area (Å²) in [5.41, 5.74) is 7.08. The van der Waals surface area contributed by atoms with Crippen molar-refractivity contribution in [1.29, 1.82) is 0 Å². The zero-order chi connectivity index (χ0) is 17.9. The molecule has 1 aromatic heterocycles. The summed E-state index contributed by atoms with van der Waals surface area (Å²) in [5.74, 6) is 0.102. The minimum atomic E-state index is -0.575. The number of amides is 1. The van der Waals surface area contributed by atoms with E-state index in [9.17, 15) is 4.79 Å². The van der Waals surface area contributed by atoms with Crippen molar-refractivity contribution in [2.45, 2.75) is 18.9 Å². The second-order valence-electron chi connectivity index (χ2n) is 6.35. The molecule has 5 heteroatoms. The van der Waals surface area contributed by atoms with Crippen LogP contribution in [-0.4, -0.2) is 16.1 Å². The minimum absolute atomic E-state index is 0.00471. The number of fused-ring (bicyclic) bond motifs is 2. The van der Waals surface area contributed by atoms with E-state index in [0.717, 1.165) is 12.8 Å². The van der Waals surface area contributed by atoms with Crippen molar-refractivity contribution in [3.63, 3.8) is 0 Å². The third-order valence-electron chi connectivity index (χ3n) is 4.82. The number of anilines is 1. The van der Waals surface area contributed by atoms with E-state index >= 15 is 0 Å². The summed E-state index contributed by atoms with van der Waals surface area (Å²) in [7, 11) is 0. The molecule has 130 valence electrons. The summed E-state index contributed by atoms with van der Waals surface area (Å²) >= 11 is 0. The summed E-state index contributed by atoms with van der Waals surface area (Å²) in [6, 6.07) is 20.3. The van der Waals surface area contributed by atoms with Crippen molar-refractivity contribution in [3.05, 3.63) is 94.7 Å². The van der Waals surface area contributed by atoms with Crippen LogP contribution < -0.4 is 10.8 Å². The molecule has 0 atom stereocenters. The van der Waals surface area contributed by atoms with Crippen molar-refractivity contribution in [2.75, 3.05) is 5.32 Å². The topological polar surface area (TPSA) is 74.2 Å². The summed E-state index contributed by atoms with van der Waals surface area (Å²) in [5, 5.41) is 12.2. The van der Waals surface area contributed by atoms with Crippen LogP contribution in [0.5, 0.6) is 0 Å². The summed E-state index contributed by atoms with van der Waals surface area (Å²) in [4.78, 5) is 15.8. The van der Waals surface area contributed by atoms with Crippen LogP contribution in [0.4, 0.5) is 5.82 Å². The number of benzene rings is 2. The van der Waals surface area contributed by atoms with Crippen LogP contribution in [0.25, 0.3) is 0 Å². The van der Waals surface area contributed by atoms with Crippen molar-refractivity contribution < 1.29 is 10.0 Å². The van der Waals surface area contributed by atoms with Gasteiger partial charge in [0.1, 0.15) is 5.82 Å². The number of aromatic nitrogens is 1. The lowest BCUT2D eigenvalue weighted by Crippen LogP contribution is -2.19. The van der Waals surface area contributed by atoms with Crippen molar-refractivity contribution in [3.8, 4) is 0 Å². The predicted molar refractivity (Wildman–Crippen MR) is 99.2 cm³/mol. The molecule has 0 bridgehead atoms. The first-order chi connectivity index (χ1) is 12.8. The highest BCUT2D eigenvalue weighted by molar-refractivity contribution is 5.93. The van der Waals surface area contributed by atoms with Crippen LogP contribution in [0.2, 0.25) is 0 Å². The summed E-state index contributed by atoms with van der Waals surface area (Å²) < 4.78 is 0. The zero-order valence-electron chi connectivity index (χ0n) is 14.1. The molecule has 1 aliphatic rings. The molecule has 26 heavy (non-hydrogen) atoms. The maximum Gasteiger partial charge on any atom is 0.276 e. The van der Waals surface area contributed by atoms with Gasteiger partial charge in [-0.3, -0.25) is 10.0 Å². The Hall–Kier alpha value is -3.18. The highest BCUT2D eigenvalue weighted by atomic mass is 16.5. The van der Waals surface area contributed by atoms with Crippen molar-refractivity contribution in [1.82, 2.24) is 10.5 Å². The van der Waals surface area contributed by atoms with Crippen LogP contribution in [0, 0.1) is 0 Å². The molecule has 5 nitrogen and oxygen atoms in total. The number of hydroxylamine groups is 1. The molecule has 0 radical (unpaired) electrons. The number of hydrogen-bond acceptors (Lipinski definition) is 4. The Balaban J connectivity index is 1.72. The minimum Gasteiger partial charge on any atom is -0.359 e. The Morgan fingerprint density at radius 2 is 1.54 bits per heavy atom. The third kappa shape index (κ3) is 3.05. The first-order valence-electron chi connectivity index (χ1n) is 8.59. The van der Waals surface area contributed by atoms with Gasteiger partial charge >= 0.3 is 0 Å². The lowest BCUT2D eigenvalue weighted by atomic mass is 9.94. The molecular formula is C21H19N3O2. The van der Waals surface area contributed by atoms with E-state index in [1.54, 1.807) is 17.6 Å². The first-order valence-corrected chi connectivity index (χ1v) is 8.59. The smallest absolute Gasteiger partial charge is 0.276 e. The van der Waals surface area contributed by atoms with Gasteiger partial charge in [-0.25, -0.2) is 10.5 Å². The monoisotopic (exact) mass is 345 g/mol. The SMILES string of the molecule is O=C(NO)c1ccc(NC2c3ccccc3CCc3ccccc32)nc1. The predicted octanol–water partition coefficient (Wildman–Crippen LogP) is 3.50. The van der Waals surface area contributed by atoms with Crippen LogP contribution in [-0.2, 0) is 12.8 Å². The number of pyridine rings is 1. The molecule has 3 N–H and O–H groups in total. The molecule has 3 aromatic rings.